The van der Waals surface area contributed by atoms with Gasteiger partial charge in [-0.15, -0.1) is 0 Å². The normalized spacial score (nSPS) is 9.83. The molecule has 0 bridgehead atoms. The van der Waals surface area contributed by atoms with Crippen LogP contribution >= 0.6 is 15.9 Å². The predicted octanol–water partition coefficient (Wildman–Crippen LogP) is 2.24. The third-order valence-corrected chi connectivity index (χ3v) is 2.21. The molecule has 0 aliphatic carbocycles. The van der Waals surface area contributed by atoms with Crippen LogP contribution in [0.3, 0.4) is 0 Å². The Kier molecular flexibility index (Phi) is 2.78. The summed E-state index contributed by atoms with van der Waals surface area (Å²) in [4.78, 5) is 9.85. The first-order valence-electron chi connectivity index (χ1n) is 3.07. The molecule has 4 nitrogen and oxygen atoms in total. The van der Waals surface area contributed by atoms with Crippen LogP contribution in [0.1, 0.15) is 5.56 Å². The van der Waals surface area contributed by atoms with Gasteiger partial charge in [0.25, 0.3) is 5.69 Å². The average Bonchev–Trinajstić information content (AvgIpc) is 2.04. The molecule has 1 aromatic rings. The SMILES string of the molecule is O=[N+]([O-])c1cccc([CH]O)c1Br. The Morgan fingerprint density at radius 3 is 2.75 bits per heavy atom. The van der Waals surface area contributed by atoms with Crippen molar-refractivity contribution >= 4 is 21.6 Å². The van der Waals surface area contributed by atoms with Crippen LogP contribution in [-0.4, -0.2) is 10.0 Å². The highest BCUT2D eigenvalue weighted by molar-refractivity contribution is 9.10. The number of benzene rings is 1. The Hall–Kier alpha value is -0.940. The van der Waals surface area contributed by atoms with Crippen LogP contribution < -0.4 is 0 Å². The van der Waals surface area contributed by atoms with Crippen LogP contribution in [0.2, 0.25) is 0 Å². The van der Waals surface area contributed by atoms with E-state index < -0.39 is 4.92 Å². The van der Waals surface area contributed by atoms with E-state index in [1.807, 2.05) is 0 Å². The summed E-state index contributed by atoms with van der Waals surface area (Å²) in [5.41, 5.74) is 0.335. The first kappa shape index (κ1) is 9.15. The highest BCUT2D eigenvalue weighted by Crippen LogP contribution is 2.28. The maximum Gasteiger partial charge on any atom is 0.283 e. The quantitative estimate of drug-likeness (QED) is 0.626. The van der Waals surface area contributed by atoms with Gasteiger partial charge < -0.3 is 5.11 Å². The fourth-order valence-corrected chi connectivity index (χ4v) is 1.29. The molecular formula is C7H5BrNO3. The maximum atomic E-state index is 10.4. The number of aliphatic hydroxyl groups is 1. The molecule has 0 atom stereocenters. The molecule has 0 saturated carbocycles. The Bertz CT molecular complexity index is 314. The van der Waals surface area contributed by atoms with Gasteiger partial charge in [0.15, 0.2) is 0 Å². The monoisotopic (exact) mass is 230 g/mol. The summed E-state index contributed by atoms with van der Waals surface area (Å²) >= 11 is 3.01. The predicted molar refractivity (Wildman–Crippen MR) is 46.1 cm³/mol. The number of nitrogens with zero attached hydrogens (tertiary/aromatic N) is 1. The molecule has 0 aromatic heterocycles. The first-order valence-corrected chi connectivity index (χ1v) is 3.86. The third-order valence-electron chi connectivity index (χ3n) is 1.34. The maximum absolute atomic E-state index is 10.4. The van der Waals surface area contributed by atoms with Gasteiger partial charge in [0.1, 0.15) is 11.1 Å². The van der Waals surface area contributed by atoms with Crippen molar-refractivity contribution in [2.45, 2.75) is 0 Å². The molecule has 0 heterocycles. The van der Waals surface area contributed by atoms with Crippen molar-refractivity contribution < 1.29 is 10.0 Å². The topological polar surface area (TPSA) is 63.4 Å². The number of nitro groups is 1. The number of nitro benzene ring substituents is 1. The van der Waals surface area contributed by atoms with Gasteiger partial charge in [-0.25, -0.2) is 0 Å². The minimum absolute atomic E-state index is 0.0576. The molecule has 1 aromatic carbocycles. The number of hydrogen-bond acceptors (Lipinski definition) is 3. The van der Waals surface area contributed by atoms with Gasteiger partial charge in [-0.3, -0.25) is 10.1 Å². The highest BCUT2D eigenvalue weighted by atomic mass is 79.9. The van der Waals surface area contributed by atoms with Gasteiger partial charge in [0.05, 0.1) is 4.92 Å². The van der Waals surface area contributed by atoms with E-state index in [9.17, 15) is 10.1 Å². The molecular weight excluding hydrogens is 226 g/mol. The molecule has 0 aliphatic heterocycles. The standard InChI is InChI=1S/C7H5BrNO3/c8-7-5(4-10)2-1-3-6(7)9(11)12/h1-4,10H. The molecule has 1 radical (unpaired) electrons. The Balaban J connectivity index is 3.23. The minimum atomic E-state index is -0.517. The molecule has 0 fully saturated rings. The first-order chi connectivity index (χ1) is 5.66. The van der Waals surface area contributed by atoms with Crippen LogP contribution in [-0.2, 0) is 0 Å². The van der Waals surface area contributed by atoms with Gasteiger partial charge >= 0.3 is 0 Å². The van der Waals surface area contributed by atoms with Crippen LogP contribution in [0, 0.1) is 16.7 Å². The number of rotatable bonds is 2. The lowest BCUT2D eigenvalue weighted by atomic mass is 10.2. The fraction of sp³-hybridized carbons (Fsp3) is 0. The summed E-state index contributed by atoms with van der Waals surface area (Å²) in [6.45, 7) is 0.817. The number of hydrogen-bond donors (Lipinski definition) is 1. The molecule has 63 valence electrons. The third kappa shape index (κ3) is 1.62. The zero-order chi connectivity index (χ0) is 9.14. The van der Waals surface area contributed by atoms with Gasteiger partial charge in [-0.2, -0.15) is 0 Å². The Labute approximate surface area is 77.1 Å². The van der Waals surface area contributed by atoms with Crippen molar-refractivity contribution in [2.75, 3.05) is 0 Å². The van der Waals surface area contributed by atoms with Gasteiger partial charge in [-0.1, -0.05) is 12.1 Å². The van der Waals surface area contributed by atoms with Gasteiger partial charge in [0, 0.05) is 11.6 Å². The van der Waals surface area contributed by atoms with E-state index in [0.29, 0.717) is 5.56 Å². The molecule has 0 saturated heterocycles. The van der Waals surface area contributed by atoms with Crippen molar-refractivity contribution in [3.63, 3.8) is 0 Å². The zero-order valence-electron chi connectivity index (χ0n) is 5.90. The second-order valence-corrected chi connectivity index (χ2v) is 2.86. The van der Waals surface area contributed by atoms with E-state index in [1.54, 1.807) is 6.07 Å². The van der Waals surface area contributed by atoms with Crippen LogP contribution in [0.15, 0.2) is 22.7 Å². The van der Waals surface area contributed by atoms with E-state index in [1.165, 1.54) is 12.1 Å². The van der Waals surface area contributed by atoms with E-state index in [4.69, 9.17) is 5.11 Å². The summed E-state index contributed by atoms with van der Waals surface area (Å²) in [6.07, 6.45) is 0. The van der Waals surface area contributed by atoms with Crippen molar-refractivity contribution in [3.8, 4) is 0 Å². The zero-order valence-corrected chi connectivity index (χ0v) is 7.48. The average molecular weight is 231 g/mol. The van der Waals surface area contributed by atoms with E-state index in [0.717, 1.165) is 6.61 Å². The molecule has 0 unspecified atom stereocenters. The van der Waals surface area contributed by atoms with Crippen molar-refractivity contribution in [1.82, 2.24) is 0 Å². The highest BCUT2D eigenvalue weighted by Gasteiger charge is 2.13. The summed E-state index contributed by atoms with van der Waals surface area (Å²) in [7, 11) is 0. The minimum Gasteiger partial charge on any atom is -0.385 e. The van der Waals surface area contributed by atoms with E-state index in [2.05, 4.69) is 15.9 Å². The summed E-state index contributed by atoms with van der Waals surface area (Å²) < 4.78 is 0.289. The van der Waals surface area contributed by atoms with Crippen molar-refractivity contribution in [1.29, 1.82) is 0 Å². The molecule has 0 aliphatic rings. The van der Waals surface area contributed by atoms with E-state index >= 15 is 0 Å². The summed E-state index contributed by atoms with van der Waals surface area (Å²) in [5, 5.41) is 19.0. The Morgan fingerprint density at radius 1 is 1.58 bits per heavy atom. The fourth-order valence-electron chi connectivity index (χ4n) is 0.778. The molecule has 1 N–H and O–H groups in total. The van der Waals surface area contributed by atoms with Crippen LogP contribution in [0.25, 0.3) is 0 Å². The molecule has 0 amide bonds. The largest absolute Gasteiger partial charge is 0.385 e. The van der Waals surface area contributed by atoms with Crippen molar-refractivity contribution in [3.05, 3.63) is 45.0 Å². The Morgan fingerprint density at radius 2 is 2.25 bits per heavy atom. The molecule has 0 spiro atoms. The molecule has 12 heavy (non-hydrogen) atoms. The van der Waals surface area contributed by atoms with Gasteiger partial charge in [0.2, 0.25) is 0 Å². The summed E-state index contributed by atoms with van der Waals surface area (Å²) in [6, 6.07) is 4.43. The van der Waals surface area contributed by atoms with Crippen LogP contribution in [0.4, 0.5) is 5.69 Å². The van der Waals surface area contributed by atoms with Crippen LogP contribution in [0.5, 0.6) is 0 Å². The number of halogens is 1. The summed E-state index contributed by atoms with van der Waals surface area (Å²) in [5.74, 6) is 0. The lowest BCUT2D eigenvalue weighted by Crippen LogP contribution is -1.92. The lowest BCUT2D eigenvalue weighted by molar-refractivity contribution is -0.385. The molecule has 1 rings (SSSR count). The van der Waals surface area contributed by atoms with Crippen molar-refractivity contribution in [2.24, 2.45) is 0 Å². The van der Waals surface area contributed by atoms with Gasteiger partial charge in [-0.05, 0) is 15.9 Å². The van der Waals surface area contributed by atoms with E-state index in [-0.39, 0.29) is 10.2 Å². The molecule has 5 heteroatoms. The lowest BCUT2D eigenvalue weighted by Gasteiger charge is -1.99. The smallest absolute Gasteiger partial charge is 0.283 e. The number of aliphatic hydroxyl groups excluding tert-OH is 1. The second-order valence-electron chi connectivity index (χ2n) is 2.07. The second kappa shape index (κ2) is 3.64.